The zero-order valence-corrected chi connectivity index (χ0v) is 4.87. The number of carboxylic acids is 1. The molecule has 0 amide bonds. The van der Waals surface area contributed by atoms with E-state index in [4.69, 9.17) is 15.1 Å². The maximum atomic E-state index is 8.89. The Kier molecular flexibility index (Phi) is 7.64. The number of carbonyl (C=O) groups excluding carboxylic acids is 1. The molecule has 0 radical (unpaired) electrons. The van der Waals surface area contributed by atoms with Crippen LogP contribution in [0.15, 0.2) is 5.16 Å². The minimum atomic E-state index is -1.08. The molecular weight excluding hydrogens is 126 g/mol. The van der Waals surface area contributed by atoms with Crippen LogP contribution in [0.4, 0.5) is 0 Å². The van der Waals surface area contributed by atoms with Gasteiger partial charge in [-0.25, -0.2) is 0 Å². The van der Waals surface area contributed by atoms with Gasteiger partial charge in [-0.1, -0.05) is 5.16 Å². The molecule has 0 aliphatic heterocycles. The first-order valence-electron chi connectivity index (χ1n) is 1.91. The molecule has 0 aromatic rings. The summed E-state index contributed by atoms with van der Waals surface area (Å²) in [5, 5.41) is 18.7. The number of carbonyl (C=O) groups is 1. The molecule has 0 aliphatic carbocycles. The topological polar surface area (TPSA) is 125 Å². The van der Waals surface area contributed by atoms with Gasteiger partial charge >= 0.3 is 0 Å². The molecule has 54 valence electrons. The summed E-state index contributed by atoms with van der Waals surface area (Å²) in [5.74, 6) is -1.40. The molecule has 0 rings (SSSR count). The van der Waals surface area contributed by atoms with Crippen molar-refractivity contribution in [2.75, 3.05) is 0 Å². The summed E-state index contributed by atoms with van der Waals surface area (Å²) in [6.07, 6.45) is 0. The fourth-order valence-corrected chi connectivity index (χ4v) is 0. The first kappa shape index (κ1) is 10.5. The van der Waals surface area contributed by atoms with Crippen LogP contribution in [0.2, 0.25) is 0 Å². The quantitative estimate of drug-likeness (QED) is 0.145. The fourth-order valence-electron chi connectivity index (χ4n) is 0. The summed E-state index contributed by atoms with van der Waals surface area (Å²) in [4.78, 5) is 8.89. The lowest BCUT2D eigenvalue weighted by molar-refractivity contribution is -0.302. The van der Waals surface area contributed by atoms with Gasteiger partial charge in [0, 0.05) is 5.97 Å². The third-order valence-electron chi connectivity index (χ3n) is 0.115. The zero-order valence-electron chi connectivity index (χ0n) is 4.87. The van der Waals surface area contributed by atoms with E-state index in [0.29, 0.717) is 0 Å². The van der Waals surface area contributed by atoms with Crippen LogP contribution in [-0.2, 0) is 4.79 Å². The van der Waals surface area contributed by atoms with Crippen molar-refractivity contribution in [3.05, 3.63) is 0 Å². The molecule has 0 bridgehead atoms. The number of hydrogen-bond acceptors (Lipinski definition) is 4. The Labute approximate surface area is 51.8 Å². The molecule has 0 aromatic carbocycles. The highest BCUT2D eigenvalue weighted by atomic mass is 16.4. The second kappa shape index (κ2) is 6.54. The number of rotatable bonds is 0. The van der Waals surface area contributed by atoms with E-state index in [1.807, 2.05) is 0 Å². The molecule has 0 heterocycles. The predicted molar refractivity (Wildman–Crippen MR) is 28.3 cm³/mol. The maximum Gasteiger partial charge on any atom is 0.228 e. The molecule has 6 nitrogen and oxygen atoms in total. The molecule has 0 atom stereocenters. The van der Waals surface area contributed by atoms with E-state index < -0.39 is 5.97 Å². The SMILES string of the molecule is CC(=O)[O-].NC(N)=NO. The summed E-state index contributed by atoms with van der Waals surface area (Å²) in [6.45, 7) is 0.972. The van der Waals surface area contributed by atoms with Crippen LogP contribution in [0.5, 0.6) is 0 Å². The second-order valence-electron chi connectivity index (χ2n) is 1.02. The number of carboxylic acid groups (broad SMARTS) is 1. The summed E-state index contributed by atoms with van der Waals surface area (Å²) in [6, 6.07) is 0. The number of aliphatic carboxylic acids is 1. The number of guanidine groups is 1. The van der Waals surface area contributed by atoms with Crippen molar-refractivity contribution < 1.29 is 15.1 Å². The first-order valence-corrected chi connectivity index (χ1v) is 1.91. The monoisotopic (exact) mass is 134 g/mol. The highest BCUT2D eigenvalue weighted by molar-refractivity contribution is 5.74. The van der Waals surface area contributed by atoms with Crippen molar-refractivity contribution >= 4 is 11.9 Å². The predicted octanol–water partition coefficient (Wildman–Crippen LogP) is -2.59. The Morgan fingerprint density at radius 3 is 1.78 bits per heavy atom. The van der Waals surface area contributed by atoms with Crippen LogP contribution in [0, 0.1) is 0 Å². The van der Waals surface area contributed by atoms with Crippen molar-refractivity contribution in [3.63, 3.8) is 0 Å². The summed E-state index contributed by atoms with van der Waals surface area (Å²) in [5.41, 5.74) is 9.14. The Bertz CT molecular complexity index is 103. The van der Waals surface area contributed by atoms with Gasteiger partial charge in [0.2, 0.25) is 5.96 Å². The van der Waals surface area contributed by atoms with Gasteiger partial charge in [-0.2, -0.15) is 0 Å². The van der Waals surface area contributed by atoms with E-state index >= 15 is 0 Å². The van der Waals surface area contributed by atoms with Crippen molar-refractivity contribution in [1.82, 2.24) is 0 Å². The summed E-state index contributed by atoms with van der Waals surface area (Å²) >= 11 is 0. The van der Waals surface area contributed by atoms with Crippen LogP contribution in [0.3, 0.4) is 0 Å². The van der Waals surface area contributed by atoms with Crippen LogP contribution in [0.1, 0.15) is 6.92 Å². The Morgan fingerprint density at radius 2 is 1.78 bits per heavy atom. The minimum Gasteiger partial charge on any atom is -0.550 e. The first-order chi connectivity index (χ1) is 4.00. The van der Waals surface area contributed by atoms with E-state index in [-0.39, 0.29) is 5.96 Å². The highest BCUT2D eigenvalue weighted by Crippen LogP contribution is 1.39. The van der Waals surface area contributed by atoms with E-state index in [1.54, 1.807) is 0 Å². The number of hydrogen-bond donors (Lipinski definition) is 3. The normalized spacial score (nSPS) is 6.33. The Hall–Kier alpha value is -1.46. The molecule has 0 unspecified atom stereocenters. The fraction of sp³-hybridized carbons (Fsp3) is 0.333. The van der Waals surface area contributed by atoms with Gasteiger partial charge in [-0.05, 0) is 6.92 Å². The van der Waals surface area contributed by atoms with E-state index in [2.05, 4.69) is 16.6 Å². The third kappa shape index (κ3) is 462. The molecule has 0 spiro atoms. The Balaban J connectivity index is 0. The van der Waals surface area contributed by atoms with E-state index in [9.17, 15) is 0 Å². The minimum absolute atomic E-state index is 0.315. The lowest BCUT2D eigenvalue weighted by Gasteiger charge is -1.77. The Morgan fingerprint density at radius 1 is 1.67 bits per heavy atom. The third-order valence-corrected chi connectivity index (χ3v) is 0.115. The van der Waals surface area contributed by atoms with Crippen molar-refractivity contribution in [3.8, 4) is 0 Å². The maximum absolute atomic E-state index is 8.89. The summed E-state index contributed by atoms with van der Waals surface area (Å²) < 4.78 is 0. The van der Waals surface area contributed by atoms with Gasteiger partial charge < -0.3 is 26.6 Å². The average Bonchev–Trinajstić information content (AvgIpc) is 1.65. The van der Waals surface area contributed by atoms with Gasteiger partial charge in [0.05, 0.1) is 0 Å². The molecule has 0 fully saturated rings. The lowest BCUT2D eigenvalue weighted by Crippen LogP contribution is -2.21. The summed E-state index contributed by atoms with van der Waals surface area (Å²) in [7, 11) is 0. The van der Waals surface area contributed by atoms with Crippen LogP contribution >= 0.6 is 0 Å². The van der Waals surface area contributed by atoms with Gasteiger partial charge in [0.15, 0.2) is 0 Å². The lowest BCUT2D eigenvalue weighted by atomic mass is 10.9. The van der Waals surface area contributed by atoms with Gasteiger partial charge in [-0.15, -0.1) is 0 Å². The van der Waals surface area contributed by atoms with E-state index in [1.165, 1.54) is 0 Å². The number of nitrogens with two attached hydrogens (primary N) is 2. The molecule has 9 heavy (non-hydrogen) atoms. The smallest absolute Gasteiger partial charge is 0.228 e. The van der Waals surface area contributed by atoms with Crippen LogP contribution < -0.4 is 16.6 Å². The standard InChI is InChI=1S/C2H4O2.CH5N3O/c1-2(3)4;2-1(3)4-5/h1H3,(H,3,4);5H,(H4,2,3,4)/p-1. The molecule has 0 aliphatic rings. The largest absolute Gasteiger partial charge is 0.550 e. The van der Waals surface area contributed by atoms with Crippen LogP contribution in [0.25, 0.3) is 0 Å². The molecule has 6 heteroatoms. The molecule has 0 saturated carbocycles. The van der Waals surface area contributed by atoms with Crippen molar-refractivity contribution in [1.29, 1.82) is 0 Å². The average molecular weight is 134 g/mol. The zero-order chi connectivity index (χ0) is 7.86. The highest BCUT2D eigenvalue weighted by Gasteiger charge is 1.64. The van der Waals surface area contributed by atoms with Gasteiger partial charge in [-0.3, -0.25) is 0 Å². The second-order valence-corrected chi connectivity index (χ2v) is 1.02. The van der Waals surface area contributed by atoms with Crippen LogP contribution in [-0.4, -0.2) is 17.1 Å². The van der Waals surface area contributed by atoms with Gasteiger partial charge in [0.25, 0.3) is 0 Å². The van der Waals surface area contributed by atoms with Crippen molar-refractivity contribution in [2.24, 2.45) is 16.6 Å². The number of oxime groups is 1. The van der Waals surface area contributed by atoms with E-state index in [0.717, 1.165) is 6.92 Å². The van der Waals surface area contributed by atoms with Gasteiger partial charge in [0.1, 0.15) is 0 Å². The molecule has 0 aromatic heterocycles. The molecule has 5 N–H and O–H groups in total. The molecular formula is C3H8N3O3-. The van der Waals surface area contributed by atoms with Crippen molar-refractivity contribution in [2.45, 2.75) is 6.92 Å². The number of nitrogens with zero attached hydrogens (tertiary/aromatic N) is 1. The molecule has 0 saturated heterocycles.